The minimum absolute atomic E-state index is 0.252. The van der Waals surface area contributed by atoms with Crippen LogP contribution >= 0.6 is 0 Å². The maximum absolute atomic E-state index is 5.99. The van der Waals surface area contributed by atoms with Crippen LogP contribution in [-0.4, -0.2) is 18.8 Å². The first kappa shape index (κ1) is 14.1. The Kier molecular flexibility index (Phi) is 3.64. The van der Waals surface area contributed by atoms with Crippen LogP contribution in [0.1, 0.15) is 50.8 Å². The van der Waals surface area contributed by atoms with Crippen molar-refractivity contribution in [2.45, 2.75) is 58.7 Å². The molecule has 1 saturated carbocycles. The predicted molar refractivity (Wildman–Crippen MR) is 82.8 cm³/mol. The van der Waals surface area contributed by atoms with Gasteiger partial charge in [-0.2, -0.15) is 0 Å². The fraction of sp³-hybridized carbons (Fsp3) is 0.667. The molecule has 0 amide bonds. The number of hydrogen-bond acceptors (Lipinski definition) is 2. The monoisotopic (exact) mass is 273 g/mol. The molecule has 4 atom stereocenters. The molecule has 0 bridgehead atoms. The maximum Gasteiger partial charge on any atom is 0.0684 e. The first-order valence-electron chi connectivity index (χ1n) is 7.95. The Hall–Kier alpha value is -0.860. The Morgan fingerprint density at radius 3 is 2.80 bits per heavy atom. The van der Waals surface area contributed by atoms with Gasteiger partial charge < -0.3 is 10.1 Å². The van der Waals surface area contributed by atoms with Gasteiger partial charge in [0.2, 0.25) is 0 Å². The standard InChI is InChI=1S/C18H27NO/c1-12-8-5-6-9-14(12)13(2)19-16-15-10-7-11-20-17(15)18(16,3)4/h5-6,8-9,13,15-17,19H,7,10-11H2,1-4H3/t13-,15?,16?,17?/m0/s1. The van der Waals surface area contributed by atoms with Gasteiger partial charge in [0.15, 0.2) is 0 Å². The quantitative estimate of drug-likeness (QED) is 0.903. The molecule has 1 heterocycles. The van der Waals surface area contributed by atoms with E-state index >= 15 is 0 Å². The van der Waals surface area contributed by atoms with Gasteiger partial charge in [0, 0.05) is 30.0 Å². The number of aryl methyl sites for hydroxylation is 1. The lowest BCUT2D eigenvalue weighted by atomic mass is 9.55. The van der Waals surface area contributed by atoms with Gasteiger partial charge in [-0.3, -0.25) is 0 Å². The molecular weight excluding hydrogens is 246 g/mol. The Bertz CT molecular complexity index is 482. The average Bonchev–Trinajstić information content (AvgIpc) is 2.45. The molecule has 3 unspecified atom stereocenters. The van der Waals surface area contributed by atoms with Crippen LogP contribution in [0.15, 0.2) is 24.3 Å². The van der Waals surface area contributed by atoms with E-state index in [0.717, 1.165) is 6.61 Å². The third-order valence-electron chi connectivity index (χ3n) is 5.42. The summed E-state index contributed by atoms with van der Waals surface area (Å²) in [5.41, 5.74) is 3.05. The fourth-order valence-corrected chi connectivity index (χ4v) is 4.29. The molecule has 1 aliphatic heterocycles. The van der Waals surface area contributed by atoms with Crippen molar-refractivity contribution in [3.8, 4) is 0 Å². The van der Waals surface area contributed by atoms with Gasteiger partial charge in [-0.1, -0.05) is 38.1 Å². The Morgan fingerprint density at radius 2 is 2.05 bits per heavy atom. The van der Waals surface area contributed by atoms with Crippen molar-refractivity contribution in [2.24, 2.45) is 11.3 Å². The summed E-state index contributed by atoms with van der Waals surface area (Å²) in [7, 11) is 0. The van der Waals surface area contributed by atoms with E-state index in [1.165, 1.54) is 24.0 Å². The van der Waals surface area contributed by atoms with Gasteiger partial charge in [-0.15, -0.1) is 0 Å². The van der Waals surface area contributed by atoms with E-state index in [-0.39, 0.29) is 5.41 Å². The molecule has 2 nitrogen and oxygen atoms in total. The molecule has 1 aromatic carbocycles. The van der Waals surface area contributed by atoms with E-state index in [9.17, 15) is 0 Å². The molecule has 3 rings (SSSR count). The minimum atomic E-state index is 0.252. The van der Waals surface area contributed by atoms with Gasteiger partial charge >= 0.3 is 0 Å². The van der Waals surface area contributed by atoms with Crippen molar-refractivity contribution in [1.82, 2.24) is 5.32 Å². The SMILES string of the molecule is Cc1ccccc1[C@H](C)NC1C2CCCOC2C1(C)C. The number of hydrogen-bond donors (Lipinski definition) is 1. The molecular formula is C18H27NO. The summed E-state index contributed by atoms with van der Waals surface area (Å²) in [6, 6.07) is 9.67. The van der Waals surface area contributed by atoms with Crippen LogP contribution in [0.5, 0.6) is 0 Å². The molecule has 0 aromatic heterocycles. The first-order chi connectivity index (χ1) is 9.51. The van der Waals surface area contributed by atoms with E-state index < -0.39 is 0 Å². The van der Waals surface area contributed by atoms with Gasteiger partial charge in [0.05, 0.1) is 6.10 Å². The molecule has 0 radical (unpaired) electrons. The van der Waals surface area contributed by atoms with E-state index in [1.807, 2.05) is 0 Å². The van der Waals surface area contributed by atoms with Crippen molar-refractivity contribution in [3.63, 3.8) is 0 Å². The third kappa shape index (κ3) is 2.19. The number of fused-ring (bicyclic) bond motifs is 1. The van der Waals surface area contributed by atoms with Gasteiger partial charge in [0.25, 0.3) is 0 Å². The minimum Gasteiger partial charge on any atom is -0.377 e. The summed E-state index contributed by atoms with van der Waals surface area (Å²) in [5, 5.41) is 3.88. The van der Waals surface area contributed by atoms with Crippen molar-refractivity contribution in [2.75, 3.05) is 6.61 Å². The number of nitrogens with one attached hydrogen (secondary N) is 1. The highest BCUT2D eigenvalue weighted by molar-refractivity contribution is 5.29. The number of ether oxygens (including phenoxy) is 1. The highest BCUT2D eigenvalue weighted by Crippen LogP contribution is 2.51. The molecule has 2 aliphatic rings. The van der Waals surface area contributed by atoms with Crippen LogP contribution in [0.4, 0.5) is 0 Å². The number of benzene rings is 1. The summed E-state index contributed by atoms with van der Waals surface area (Å²) in [5.74, 6) is 0.699. The highest BCUT2D eigenvalue weighted by atomic mass is 16.5. The Balaban J connectivity index is 1.73. The van der Waals surface area contributed by atoms with Gasteiger partial charge in [-0.05, 0) is 37.8 Å². The fourth-order valence-electron chi connectivity index (χ4n) is 4.29. The lowest BCUT2D eigenvalue weighted by molar-refractivity contribution is -0.194. The Labute approximate surface area is 122 Å². The molecule has 0 spiro atoms. The molecule has 2 fully saturated rings. The first-order valence-corrected chi connectivity index (χ1v) is 7.95. The van der Waals surface area contributed by atoms with E-state index in [4.69, 9.17) is 4.74 Å². The Morgan fingerprint density at radius 1 is 1.30 bits per heavy atom. The summed E-state index contributed by atoms with van der Waals surface area (Å²) in [6.45, 7) is 10.1. The number of rotatable bonds is 3. The predicted octanol–water partition coefficient (Wildman–Crippen LogP) is 3.85. The van der Waals surface area contributed by atoms with E-state index in [0.29, 0.717) is 24.1 Å². The summed E-state index contributed by atoms with van der Waals surface area (Å²) < 4.78 is 5.99. The van der Waals surface area contributed by atoms with Crippen LogP contribution in [-0.2, 0) is 4.74 Å². The normalized spacial score (nSPS) is 33.1. The second-order valence-electron chi connectivity index (χ2n) is 7.14. The molecule has 110 valence electrons. The highest BCUT2D eigenvalue weighted by Gasteiger charge is 2.57. The van der Waals surface area contributed by atoms with Crippen LogP contribution < -0.4 is 5.32 Å². The molecule has 1 aromatic rings. The molecule has 20 heavy (non-hydrogen) atoms. The van der Waals surface area contributed by atoms with Crippen molar-refractivity contribution in [1.29, 1.82) is 0 Å². The summed E-state index contributed by atoms with van der Waals surface area (Å²) >= 11 is 0. The summed E-state index contributed by atoms with van der Waals surface area (Å²) in [6.07, 6.45) is 2.98. The van der Waals surface area contributed by atoms with Crippen molar-refractivity contribution >= 4 is 0 Å². The lowest BCUT2D eigenvalue weighted by Gasteiger charge is -2.60. The zero-order valence-electron chi connectivity index (χ0n) is 13.1. The average molecular weight is 273 g/mol. The second kappa shape index (κ2) is 5.16. The summed E-state index contributed by atoms with van der Waals surface area (Å²) in [4.78, 5) is 0. The van der Waals surface area contributed by atoms with Crippen LogP contribution in [0.3, 0.4) is 0 Å². The van der Waals surface area contributed by atoms with E-state index in [2.05, 4.69) is 57.3 Å². The second-order valence-corrected chi connectivity index (χ2v) is 7.14. The van der Waals surface area contributed by atoms with Crippen molar-refractivity contribution < 1.29 is 4.74 Å². The van der Waals surface area contributed by atoms with Gasteiger partial charge in [-0.25, -0.2) is 0 Å². The molecule has 1 N–H and O–H groups in total. The zero-order chi connectivity index (χ0) is 14.3. The third-order valence-corrected chi connectivity index (χ3v) is 5.42. The van der Waals surface area contributed by atoms with Crippen LogP contribution in [0.25, 0.3) is 0 Å². The topological polar surface area (TPSA) is 21.3 Å². The van der Waals surface area contributed by atoms with Crippen molar-refractivity contribution in [3.05, 3.63) is 35.4 Å². The largest absolute Gasteiger partial charge is 0.377 e. The lowest BCUT2D eigenvalue weighted by Crippen LogP contribution is -2.69. The van der Waals surface area contributed by atoms with Crippen LogP contribution in [0.2, 0.25) is 0 Å². The van der Waals surface area contributed by atoms with E-state index in [1.54, 1.807) is 0 Å². The molecule has 2 heteroatoms. The zero-order valence-corrected chi connectivity index (χ0v) is 13.1. The van der Waals surface area contributed by atoms with Gasteiger partial charge in [0.1, 0.15) is 0 Å². The molecule has 1 aliphatic carbocycles. The maximum atomic E-state index is 5.99. The smallest absolute Gasteiger partial charge is 0.0684 e. The van der Waals surface area contributed by atoms with Crippen LogP contribution in [0, 0.1) is 18.3 Å². The molecule has 1 saturated heterocycles.